The van der Waals surface area contributed by atoms with Crippen molar-refractivity contribution in [2.24, 2.45) is 29.1 Å². The Morgan fingerprint density at radius 2 is 1.91 bits per heavy atom. The zero-order chi connectivity index (χ0) is 38.6. The van der Waals surface area contributed by atoms with Gasteiger partial charge in [0.25, 0.3) is 0 Å². The fourth-order valence-corrected chi connectivity index (χ4v) is 10.3. The van der Waals surface area contributed by atoms with E-state index in [1.54, 1.807) is 70.3 Å². The molecule has 290 valence electrons. The van der Waals surface area contributed by atoms with Crippen LogP contribution in [-0.4, -0.2) is 90.5 Å². The fraction of sp³-hybridized carbons (Fsp3) is 0.595. The number of ether oxygens (including phenoxy) is 4. The summed E-state index contributed by atoms with van der Waals surface area (Å²) in [4.78, 5) is 31.9. The van der Waals surface area contributed by atoms with E-state index in [-0.39, 0.29) is 41.8 Å². The summed E-state index contributed by atoms with van der Waals surface area (Å²) in [6.45, 7) is 11.1. The zero-order valence-corrected chi connectivity index (χ0v) is 32.6. The van der Waals surface area contributed by atoms with Crippen molar-refractivity contribution in [3.05, 3.63) is 77.8 Å². The monoisotopic (exact) mass is 733 g/mol. The molecule has 3 aliphatic carbocycles. The molecule has 1 aromatic carbocycles. The Balaban J connectivity index is 1.56. The second-order valence-corrected chi connectivity index (χ2v) is 15.8. The van der Waals surface area contributed by atoms with Gasteiger partial charge in [-0.25, -0.2) is 4.79 Å². The van der Waals surface area contributed by atoms with Crippen molar-refractivity contribution in [3.8, 4) is 0 Å². The highest BCUT2D eigenvalue weighted by Crippen LogP contribution is 2.72. The lowest BCUT2D eigenvalue weighted by Crippen LogP contribution is -2.71. The number of nitrogens with one attached hydrogen (secondary N) is 2. The van der Waals surface area contributed by atoms with Gasteiger partial charge in [-0.2, -0.15) is 0 Å². The van der Waals surface area contributed by atoms with E-state index in [4.69, 9.17) is 18.9 Å². The highest BCUT2D eigenvalue weighted by atomic mass is 16.6. The van der Waals surface area contributed by atoms with Crippen LogP contribution in [0.1, 0.15) is 81.3 Å². The van der Waals surface area contributed by atoms with Crippen LogP contribution in [0.25, 0.3) is 6.08 Å². The summed E-state index contributed by atoms with van der Waals surface area (Å²) in [6.07, 6.45) is 11.4. The summed E-state index contributed by atoms with van der Waals surface area (Å²) in [7, 11) is 4.80. The van der Waals surface area contributed by atoms with Gasteiger partial charge in [-0.15, -0.1) is 0 Å². The first-order chi connectivity index (χ1) is 25.2. The molecule has 2 aromatic rings. The third-order valence-electron chi connectivity index (χ3n) is 12.7. The number of esters is 1. The van der Waals surface area contributed by atoms with E-state index in [1.807, 2.05) is 32.9 Å². The van der Waals surface area contributed by atoms with Crippen LogP contribution in [0.2, 0.25) is 0 Å². The maximum absolute atomic E-state index is 14.6. The second kappa shape index (κ2) is 16.4. The highest BCUT2D eigenvalue weighted by Gasteiger charge is 2.78. The molecule has 0 radical (unpaired) electrons. The van der Waals surface area contributed by atoms with Crippen LogP contribution in [-0.2, 0) is 23.7 Å². The van der Waals surface area contributed by atoms with E-state index in [0.717, 1.165) is 11.1 Å². The average molecular weight is 734 g/mol. The van der Waals surface area contributed by atoms with E-state index >= 15 is 0 Å². The number of para-hydroxylation sites is 1. The minimum atomic E-state index is -1.56. The Morgan fingerprint density at radius 3 is 2.58 bits per heavy atom. The van der Waals surface area contributed by atoms with Gasteiger partial charge in [0.05, 0.1) is 36.8 Å². The molecule has 0 spiro atoms. The zero-order valence-electron chi connectivity index (χ0n) is 32.6. The minimum absolute atomic E-state index is 0.0260. The summed E-state index contributed by atoms with van der Waals surface area (Å²) >= 11 is 0. The lowest BCUT2D eigenvalue weighted by Gasteiger charge is -2.59. The third-order valence-corrected chi connectivity index (χ3v) is 12.7. The number of hydrogen-bond donors (Lipinski definition) is 4. The van der Waals surface area contributed by atoms with Crippen LogP contribution in [0.15, 0.2) is 61.1 Å². The van der Waals surface area contributed by atoms with E-state index < -0.39 is 40.2 Å². The predicted octanol–water partition coefficient (Wildman–Crippen LogP) is 5.70. The van der Waals surface area contributed by atoms with E-state index in [0.29, 0.717) is 44.5 Å². The Bertz CT molecular complexity index is 1670. The molecule has 1 unspecified atom stereocenters. The lowest BCUT2D eigenvalue weighted by atomic mass is 9.52. The Kier molecular flexibility index (Phi) is 12.6. The van der Waals surface area contributed by atoms with Gasteiger partial charge in [0.2, 0.25) is 5.91 Å². The number of methoxy groups -OCH3 is 3. The molecule has 1 amide bonds. The van der Waals surface area contributed by atoms with Gasteiger partial charge in [-0.3, -0.25) is 9.78 Å². The van der Waals surface area contributed by atoms with Crippen molar-refractivity contribution in [2.75, 3.05) is 39.7 Å². The molecule has 5 rings (SSSR count). The number of aliphatic hydroxyl groups is 2. The summed E-state index contributed by atoms with van der Waals surface area (Å²) < 4.78 is 23.9. The first-order valence-corrected chi connectivity index (χ1v) is 18.9. The van der Waals surface area contributed by atoms with Crippen molar-refractivity contribution in [3.63, 3.8) is 0 Å². The van der Waals surface area contributed by atoms with Crippen molar-refractivity contribution in [1.29, 1.82) is 0 Å². The van der Waals surface area contributed by atoms with Crippen LogP contribution in [0.3, 0.4) is 0 Å². The van der Waals surface area contributed by atoms with Gasteiger partial charge in [-0.05, 0) is 104 Å². The Morgan fingerprint density at radius 1 is 1.15 bits per heavy atom. The summed E-state index contributed by atoms with van der Waals surface area (Å²) in [5.74, 6) is -1.99. The summed E-state index contributed by atoms with van der Waals surface area (Å²) in [6, 6.07) is 8.69. The topological polar surface area (TPSA) is 148 Å². The minimum Gasteiger partial charge on any atom is -0.505 e. The predicted molar refractivity (Wildman–Crippen MR) is 204 cm³/mol. The number of pyridine rings is 1. The Labute approximate surface area is 314 Å². The molecule has 1 aromatic heterocycles. The number of anilines is 1. The molecule has 4 N–H and O–H groups in total. The number of amides is 1. The molecule has 0 saturated heterocycles. The quantitative estimate of drug-likeness (QED) is 0.0962. The molecule has 53 heavy (non-hydrogen) atoms. The molecule has 3 fully saturated rings. The number of rotatable bonds is 16. The summed E-state index contributed by atoms with van der Waals surface area (Å²) in [5, 5.41) is 32.2. The van der Waals surface area contributed by atoms with Gasteiger partial charge in [-0.1, -0.05) is 32.9 Å². The molecule has 0 aliphatic heterocycles. The Hall–Kier alpha value is -3.61. The number of aromatic nitrogens is 1. The first kappa shape index (κ1) is 40.6. The number of carbonyl (C=O) groups excluding carboxylic acids is 2. The normalized spacial score (nSPS) is 32.4. The van der Waals surface area contributed by atoms with Crippen molar-refractivity contribution < 1.29 is 38.7 Å². The molecule has 10 atom stereocenters. The van der Waals surface area contributed by atoms with Crippen LogP contribution in [0.5, 0.6) is 0 Å². The fourth-order valence-electron chi connectivity index (χ4n) is 10.3. The number of nitrogens with zero attached hydrogens (tertiary/aromatic N) is 1. The van der Waals surface area contributed by atoms with Gasteiger partial charge in [0.15, 0.2) is 0 Å². The molecule has 2 bridgehead atoms. The second-order valence-electron chi connectivity index (χ2n) is 15.8. The van der Waals surface area contributed by atoms with Crippen LogP contribution < -0.4 is 10.6 Å². The van der Waals surface area contributed by atoms with Gasteiger partial charge < -0.3 is 39.8 Å². The summed E-state index contributed by atoms with van der Waals surface area (Å²) in [5.41, 5.74) is -2.43. The number of benzene rings is 1. The van der Waals surface area contributed by atoms with Gasteiger partial charge in [0, 0.05) is 58.0 Å². The third kappa shape index (κ3) is 7.43. The molecular formula is C42H59N3O8. The molecule has 11 nitrogen and oxygen atoms in total. The van der Waals surface area contributed by atoms with Crippen LogP contribution in [0, 0.1) is 36.0 Å². The average Bonchev–Trinajstić information content (AvgIpc) is 3.63. The molecule has 1 heterocycles. The SMILES string of the molecule is CCNC[C@@](C/C=C/OC)(OC(=O)c1ccccc1NC(=O)/C=C/c1cnccc1C)[C@H]1CC2C[C@]1(C)[C@@H]1C[C@H](C)[C@H](OC)[C@]1(O)[C@]2(O)C[C@@H](C)OC. The molecule has 3 saturated carbocycles. The largest absolute Gasteiger partial charge is 0.505 e. The van der Waals surface area contributed by atoms with E-state index in [9.17, 15) is 19.8 Å². The van der Waals surface area contributed by atoms with Crippen molar-refractivity contribution >= 4 is 23.6 Å². The maximum Gasteiger partial charge on any atom is 0.340 e. The highest BCUT2D eigenvalue weighted by molar-refractivity contribution is 6.06. The van der Waals surface area contributed by atoms with Gasteiger partial charge in [0.1, 0.15) is 16.8 Å². The maximum atomic E-state index is 14.6. The van der Waals surface area contributed by atoms with Gasteiger partial charge >= 0.3 is 5.97 Å². The standard InChI is InChI=1S/C42H59N3O8/c1-9-43-26-40(18-12-20-50-6,53-38(47)32-13-10-11-14-33(32)45-36(46)16-15-30-25-44-19-17-27(30)2)34-22-31-24-39(34,5)35-21-28(3)37(52-8)42(35,49)41(31,48)23-29(4)51-7/h10-17,19-20,25,28-29,31,34-35,37,43,48-49H,9,18,21-24,26H2,1-8H3,(H,45,46)/b16-15+,20-12+/t28-,29+,31?,34-,35-,37-,39-,40+,41-,42-/m0/s1. The smallest absolute Gasteiger partial charge is 0.340 e. The van der Waals surface area contributed by atoms with Crippen LogP contribution in [0.4, 0.5) is 5.69 Å². The number of hydrogen-bond acceptors (Lipinski definition) is 10. The van der Waals surface area contributed by atoms with Crippen LogP contribution >= 0.6 is 0 Å². The number of carbonyl (C=O) groups is 2. The first-order valence-electron chi connectivity index (χ1n) is 18.9. The van der Waals surface area contributed by atoms with Crippen molar-refractivity contribution in [1.82, 2.24) is 10.3 Å². The number of likely N-dealkylation sites (N-methyl/N-ethyl adjacent to an activating group) is 1. The molecule has 11 heteroatoms. The van der Waals surface area contributed by atoms with Crippen molar-refractivity contribution in [2.45, 2.75) is 95.7 Å². The molecule has 3 aliphatic rings. The number of fused-ring (bicyclic) bond motifs is 4. The molecular weight excluding hydrogens is 674 g/mol. The van der Waals surface area contributed by atoms with E-state index in [1.165, 1.54) is 6.08 Å². The lowest BCUT2D eigenvalue weighted by molar-refractivity contribution is -0.278. The number of aryl methyl sites for hydroxylation is 1. The van der Waals surface area contributed by atoms with E-state index in [2.05, 4.69) is 29.5 Å².